The van der Waals surface area contributed by atoms with Crippen LogP contribution in [0.5, 0.6) is 0 Å². The number of nitrogens with one attached hydrogen (secondary N) is 1. The lowest BCUT2D eigenvalue weighted by Gasteiger charge is -2.25. The van der Waals surface area contributed by atoms with Crippen LogP contribution in [0.15, 0.2) is 30.3 Å². The average Bonchev–Trinajstić information content (AvgIpc) is 2.86. The van der Waals surface area contributed by atoms with Crippen molar-refractivity contribution >= 4 is 23.8 Å². The van der Waals surface area contributed by atoms with Crippen LogP contribution in [-0.4, -0.2) is 45.7 Å². The predicted molar refractivity (Wildman–Crippen MR) is 83.3 cm³/mol. The van der Waals surface area contributed by atoms with E-state index in [0.717, 1.165) is 12.8 Å². The molecular formula is C15H20N2O3S. The first kappa shape index (κ1) is 15.7. The molecule has 2 N–H and O–H groups in total. The largest absolute Gasteiger partial charge is 0.480 e. The van der Waals surface area contributed by atoms with E-state index in [1.165, 1.54) is 22.2 Å². The van der Waals surface area contributed by atoms with Crippen molar-refractivity contribution in [1.29, 1.82) is 0 Å². The second kappa shape index (κ2) is 7.36. The monoisotopic (exact) mass is 308 g/mol. The van der Waals surface area contributed by atoms with Crippen molar-refractivity contribution in [3.63, 3.8) is 0 Å². The molecule has 1 saturated heterocycles. The molecule has 0 bridgehead atoms. The third-order valence-electron chi connectivity index (χ3n) is 3.50. The molecule has 21 heavy (non-hydrogen) atoms. The van der Waals surface area contributed by atoms with Gasteiger partial charge in [0.15, 0.2) is 0 Å². The van der Waals surface area contributed by atoms with E-state index in [-0.39, 0.29) is 11.4 Å². The molecule has 0 saturated carbocycles. The number of aliphatic carboxylic acids is 1. The molecule has 1 heterocycles. The van der Waals surface area contributed by atoms with Crippen molar-refractivity contribution in [2.75, 3.05) is 12.3 Å². The minimum absolute atomic E-state index is 0.0970. The van der Waals surface area contributed by atoms with Gasteiger partial charge < -0.3 is 10.4 Å². The fraction of sp³-hybridized carbons (Fsp3) is 0.467. The fourth-order valence-electron chi connectivity index (χ4n) is 2.37. The van der Waals surface area contributed by atoms with Crippen LogP contribution in [-0.2, 0) is 11.2 Å². The molecule has 2 rings (SSSR count). The van der Waals surface area contributed by atoms with Gasteiger partial charge in [-0.2, -0.15) is 0 Å². The molecule has 0 aliphatic carbocycles. The Morgan fingerprint density at radius 1 is 1.38 bits per heavy atom. The van der Waals surface area contributed by atoms with Gasteiger partial charge in [0.1, 0.15) is 6.04 Å². The Morgan fingerprint density at radius 3 is 2.76 bits per heavy atom. The Morgan fingerprint density at radius 2 is 2.10 bits per heavy atom. The first-order valence-corrected chi connectivity index (χ1v) is 8.09. The van der Waals surface area contributed by atoms with Gasteiger partial charge in [-0.15, -0.1) is 11.8 Å². The van der Waals surface area contributed by atoms with Gasteiger partial charge in [0, 0.05) is 12.3 Å². The van der Waals surface area contributed by atoms with Crippen LogP contribution in [0.2, 0.25) is 0 Å². The number of rotatable bonds is 5. The predicted octanol–water partition coefficient (Wildman–Crippen LogP) is 2.18. The number of benzene rings is 1. The third kappa shape index (κ3) is 4.14. The van der Waals surface area contributed by atoms with Crippen LogP contribution in [0.3, 0.4) is 0 Å². The number of nitrogens with zero attached hydrogens (tertiary/aromatic N) is 1. The third-order valence-corrected chi connectivity index (χ3v) is 4.72. The number of carboxylic acids is 1. The molecule has 1 aromatic carbocycles. The standard InChI is InChI=1S/C15H20N2O3S/c1-11-17(13(10-21-11)14(18)19)15(20)16-9-5-8-12-6-3-2-4-7-12/h2-4,6-7,11,13H,5,8-10H2,1H3,(H,16,20)(H,18,19). The number of thioether (sulfide) groups is 1. The number of hydrogen-bond donors (Lipinski definition) is 2. The number of urea groups is 1. The summed E-state index contributed by atoms with van der Waals surface area (Å²) in [4.78, 5) is 24.7. The molecule has 1 aliphatic heterocycles. The first-order chi connectivity index (χ1) is 10.1. The zero-order valence-electron chi connectivity index (χ0n) is 12.0. The lowest BCUT2D eigenvalue weighted by Crippen LogP contribution is -2.49. The summed E-state index contributed by atoms with van der Waals surface area (Å²) in [5.74, 6) is -0.486. The Kier molecular flexibility index (Phi) is 5.50. The Hall–Kier alpha value is -1.69. The summed E-state index contributed by atoms with van der Waals surface area (Å²) in [6, 6.07) is 9.07. The molecule has 1 fully saturated rings. The second-order valence-electron chi connectivity index (χ2n) is 5.02. The Balaban J connectivity index is 1.77. The van der Waals surface area contributed by atoms with Crippen molar-refractivity contribution in [3.05, 3.63) is 35.9 Å². The number of amides is 2. The molecule has 0 aromatic heterocycles. The molecule has 1 aromatic rings. The highest BCUT2D eigenvalue weighted by Gasteiger charge is 2.39. The van der Waals surface area contributed by atoms with Crippen molar-refractivity contribution in [2.24, 2.45) is 0 Å². The maximum Gasteiger partial charge on any atom is 0.327 e. The van der Waals surface area contributed by atoms with E-state index in [2.05, 4.69) is 17.4 Å². The summed E-state index contributed by atoms with van der Waals surface area (Å²) in [5, 5.41) is 11.9. The van der Waals surface area contributed by atoms with Crippen molar-refractivity contribution in [2.45, 2.75) is 31.2 Å². The molecule has 0 spiro atoms. The van der Waals surface area contributed by atoms with Crippen LogP contribution in [0.1, 0.15) is 18.9 Å². The Bertz CT molecular complexity index is 495. The lowest BCUT2D eigenvalue weighted by molar-refractivity contribution is -0.141. The number of aryl methyl sites for hydroxylation is 1. The molecule has 5 nitrogen and oxygen atoms in total. The molecule has 1 aliphatic rings. The highest BCUT2D eigenvalue weighted by molar-refractivity contribution is 8.00. The van der Waals surface area contributed by atoms with E-state index >= 15 is 0 Å². The first-order valence-electron chi connectivity index (χ1n) is 7.04. The number of hydrogen-bond acceptors (Lipinski definition) is 3. The van der Waals surface area contributed by atoms with E-state index < -0.39 is 12.0 Å². The topological polar surface area (TPSA) is 69.6 Å². The molecule has 2 amide bonds. The van der Waals surface area contributed by atoms with Crippen LogP contribution >= 0.6 is 11.8 Å². The molecule has 2 atom stereocenters. The summed E-state index contributed by atoms with van der Waals surface area (Å²) >= 11 is 1.49. The fourth-order valence-corrected chi connectivity index (χ4v) is 3.53. The summed E-state index contributed by atoms with van der Waals surface area (Å²) in [6.45, 7) is 2.41. The highest BCUT2D eigenvalue weighted by Crippen LogP contribution is 2.28. The van der Waals surface area contributed by atoms with E-state index in [0.29, 0.717) is 12.3 Å². The molecule has 6 heteroatoms. The Labute approximate surface area is 128 Å². The summed E-state index contributed by atoms with van der Waals surface area (Å²) in [7, 11) is 0. The maximum absolute atomic E-state index is 12.1. The highest BCUT2D eigenvalue weighted by atomic mass is 32.2. The molecule has 114 valence electrons. The van der Waals surface area contributed by atoms with Crippen LogP contribution in [0, 0.1) is 0 Å². The van der Waals surface area contributed by atoms with Crippen molar-refractivity contribution < 1.29 is 14.7 Å². The number of carbonyl (C=O) groups is 2. The van der Waals surface area contributed by atoms with E-state index in [1.54, 1.807) is 0 Å². The number of carbonyl (C=O) groups excluding carboxylic acids is 1. The average molecular weight is 308 g/mol. The maximum atomic E-state index is 12.1. The van der Waals surface area contributed by atoms with Gasteiger partial charge in [0.25, 0.3) is 0 Å². The van der Waals surface area contributed by atoms with E-state index in [9.17, 15) is 9.59 Å². The van der Waals surface area contributed by atoms with E-state index in [1.807, 2.05) is 25.1 Å². The summed E-state index contributed by atoms with van der Waals surface area (Å²) in [6.07, 6.45) is 1.73. The molecule has 2 unspecified atom stereocenters. The minimum atomic E-state index is -0.939. The van der Waals surface area contributed by atoms with Gasteiger partial charge in [-0.25, -0.2) is 9.59 Å². The lowest BCUT2D eigenvalue weighted by atomic mass is 10.1. The van der Waals surface area contributed by atoms with Crippen LogP contribution < -0.4 is 5.32 Å². The number of carboxylic acid groups (broad SMARTS) is 1. The summed E-state index contributed by atoms with van der Waals surface area (Å²) < 4.78 is 0. The molecular weight excluding hydrogens is 288 g/mol. The van der Waals surface area contributed by atoms with Gasteiger partial charge in [-0.05, 0) is 25.3 Å². The minimum Gasteiger partial charge on any atom is -0.480 e. The van der Waals surface area contributed by atoms with Crippen molar-refractivity contribution in [1.82, 2.24) is 10.2 Å². The second-order valence-corrected chi connectivity index (χ2v) is 6.36. The zero-order valence-corrected chi connectivity index (χ0v) is 12.8. The summed E-state index contributed by atoms with van der Waals surface area (Å²) in [5.41, 5.74) is 1.24. The van der Waals surface area contributed by atoms with Gasteiger partial charge >= 0.3 is 12.0 Å². The van der Waals surface area contributed by atoms with Crippen LogP contribution in [0.4, 0.5) is 4.79 Å². The van der Waals surface area contributed by atoms with Gasteiger partial charge in [0.2, 0.25) is 0 Å². The smallest absolute Gasteiger partial charge is 0.327 e. The van der Waals surface area contributed by atoms with Gasteiger partial charge in [0.05, 0.1) is 5.37 Å². The quantitative estimate of drug-likeness (QED) is 0.818. The SMILES string of the molecule is CC1SCC(C(=O)O)N1C(=O)NCCCc1ccccc1. The normalized spacial score (nSPS) is 21.3. The van der Waals surface area contributed by atoms with Gasteiger partial charge in [-0.3, -0.25) is 4.90 Å². The van der Waals surface area contributed by atoms with Crippen LogP contribution in [0.25, 0.3) is 0 Å². The van der Waals surface area contributed by atoms with Crippen molar-refractivity contribution in [3.8, 4) is 0 Å². The van der Waals surface area contributed by atoms with E-state index in [4.69, 9.17) is 5.11 Å². The molecule has 0 radical (unpaired) electrons. The van der Waals surface area contributed by atoms with Gasteiger partial charge in [-0.1, -0.05) is 30.3 Å². The zero-order chi connectivity index (χ0) is 15.2.